The van der Waals surface area contributed by atoms with E-state index < -0.39 is 0 Å². The molecule has 4 nitrogen and oxygen atoms in total. The van der Waals surface area contributed by atoms with E-state index in [9.17, 15) is 9.90 Å². The molecule has 1 aromatic rings. The molecule has 1 N–H and O–H groups in total. The van der Waals surface area contributed by atoms with Crippen molar-refractivity contribution in [2.75, 3.05) is 13.2 Å². The van der Waals surface area contributed by atoms with Gasteiger partial charge in [0.2, 0.25) is 5.91 Å². The number of amides is 1. The fraction of sp³-hybridized carbons (Fsp3) is 0.571. The molecule has 1 fully saturated rings. The first kappa shape index (κ1) is 13.0. The predicted octanol–water partition coefficient (Wildman–Crippen LogP) is 1.24. The number of aryl methyl sites for hydroxylation is 1. The summed E-state index contributed by atoms with van der Waals surface area (Å²) < 4.78 is 0. The first-order chi connectivity index (χ1) is 8.72. The lowest BCUT2D eigenvalue weighted by Gasteiger charge is -2.25. The third-order valence-corrected chi connectivity index (χ3v) is 3.74. The number of aliphatic hydroxyl groups is 1. The number of aromatic nitrogens is 1. The van der Waals surface area contributed by atoms with Crippen molar-refractivity contribution in [2.24, 2.45) is 5.92 Å². The van der Waals surface area contributed by atoms with Gasteiger partial charge in [-0.15, -0.1) is 0 Å². The molecule has 0 radical (unpaired) electrons. The van der Waals surface area contributed by atoms with Gasteiger partial charge in [-0.1, -0.05) is 13.0 Å². The Bertz CT molecular complexity index is 394. The highest BCUT2D eigenvalue weighted by atomic mass is 16.3. The van der Waals surface area contributed by atoms with Crippen LogP contribution in [0.4, 0.5) is 0 Å². The Hall–Kier alpha value is -1.42. The lowest BCUT2D eigenvalue weighted by molar-refractivity contribution is -0.133. The van der Waals surface area contributed by atoms with Crippen LogP contribution in [0.1, 0.15) is 25.3 Å². The topological polar surface area (TPSA) is 53.4 Å². The van der Waals surface area contributed by atoms with Crippen molar-refractivity contribution in [1.29, 1.82) is 0 Å². The highest BCUT2D eigenvalue weighted by Gasteiger charge is 2.33. The zero-order valence-electron chi connectivity index (χ0n) is 10.7. The largest absolute Gasteiger partial charge is 0.394 e. The van der Waals surface area contributed by atoms with E-state index in [1.807, 2.05) is 17.0 Å². The van der Waals surface area contributed by atoms with Gasteiger partial charge in [0, 0.05) is 25.4 Å². The second kappa shape index (κ2) is 5.96. The summed E-state index contributed by atoms with van der Waals surface area (Å²) in [6.45, 7) is 2.94. The molecule has 2 rings (SSSR count). The molecule has 0 aliphatic carbocycles. The number of carbonyl (C=O) groups is 1. The summed E-state index contributed by atoms with van der Waals surface area (Å²) in [5, 5.41) is 9.34. The molecule has 2 unspecified atom stereocenters. The quantitative estimate of drug-likeness (QED) is 0.872. The van der Waals surface area contributed by atoms with Crippen molar-refractivity contribution < 1.29 is 9.90 Å². The molecule has 1 aliphatic rings. The number of rotatable bonds is 4. The average molecular weight is 248 g/mol. The Morgan fingerprint density at radius 1 is 1.61 bits per heavy atom. The fourth-order valence-corrected chi connectivity index (χ4v) is 2.54. The predicted molar refractivity (Wildman–Crippen MR) is 68.9 cm³/mol. The molecule has 1 amide bonds. The number of likely N-dealkylation sites (tertiary alicyclic amines) is 1. The summed E-state index contributed by atoms with van der Waals surface area (Å²) in [5.74, 6) is 0.541. The van der Waals surface area contributed by atoms with Crippen LogP contribution in [0.15, 0.2) is 24.5 Å². The number of hydrogen-bond acceptors (Lipinski definition) is 3. The number of pyridine rings is 1. The molecular weight excluding hydrogens is 228 g/mol. The van der Waals surface area contributed by atoms with Crippen LogP contribution in [0, 0.1) is 5.92 Å². The van der Waals surface area contributed by atoms with E-state index in [1.165, 1.54) is 0 Å². The highest BCUT2D eigenvalue weighted by Crippen LogP contribution is 2.24. The molecule has 98 valence electrons. The third kappa shape index (κ3) is 2.88. The van der Waals surface area contributed by atoms with E-state index in [2.05, 4.69) is 11.9 Å². The van der Waals surface area contributed by atoms with Crippen molar-refractivity contribution in [1.82, 2.24) is 9.88 Å². The summed E-state index contributed by atoms with van der Waals surface area (Å²) in [4.78, 5) is 18.0. The number of nitrogens with zero attached hydrogens (tertiary/aromatic N) is 2. The molecule has 0 spiro atoms. The van der Waals surface area contributed by atoms with Crippen LogP contribution in [0.25, 0.3) is 0 Å². The van der Waals surface area contributed by atoms with Crippen LogP contribution in [0.5, 0.6) is 0 Å². The Kier molecular flexibility index (Phi) is 4.31. The lowest BCUT2D eigenvalue weighted by Crippen LogP contribution is -2.39. The molecule has 0 bridgehead atoms. The zero-order chi connectivity index (χ0) is 13.0. The molecule has 2 heterocycles. The van der Waals surface area contributed by atoms with Gasteiger partial charge in [0.15, 0.2) is 0 Å². The Balaban J connectivity index is 1.88. The summed E-state index contributed by atoms with van der Waals surface area (Å²) in [6, 6.07) is 3.87. The van der Waals surface area contributed by atoms with Crippen molar-refractivity contribution in [3.63, 3.8) is 0 Å². The highest BCUT2D eigenvalue weighted by molar-refractivity contribution is 5.77. The van der Waals surface area contributed by atoms with Gasteiger partial charge in [-0.05, 0) is 30.4 Å². The van der Waals surface area contributed by atoms with Gasteiger partial charge in [-0.3, -0.25) is 9.78 Å². The van der Waals surface area contributed by atoms with E-state index in [1.54, 1.807) is 12.4 Å². The van der Waals surface area contributed by atoms with Gasteiger partial charge in [0.05, 0.1) is 12.6 Å². The Labute approximate surface area is 108 Å². The van der Waals surface area contributed by atoms with Crippen LogP contribution >= 0.6 is 0 Å². The average Bonchev–Trinajstić information content (AvgIpc) is 2.78. The monoisotopic (exact) mass is 248 g/mol. The van der Waals surface area contributed by atoms with E-state index in [0.717, 1.165) is 24.9 Å². The lowest BCUT2D eigenvalue weighted by atomic mass is 10.0. The van der Waals surface area contributed by atoms with Gasteiger partial charge in [-0.25, -0.2) is 0 Å². The maximum atomic E-state index is 12.1. The molecule has 1 aromatic heterocycles. The third-order valence-electron chi connectivity index (χ3n) is 3.74. The summed E-state index contributed by atoms with van der Waals surface area (Å²) in [6.07, 6.45) is 5.73. The normalized spacial score (nSPS) is 23.3. The number of aliphatic hydroxyl groups excluding tert-OH is 1. The van der Waals surface area contributed by atoms with Crippen LogP contribution in [-0.4, -0.2) is 40.1 Å². The van der Waals surface area contributed by atoms with E-state index >= 15 is 0 Å². The summed E-state index contributed by atoms with van der Waals surface area (Å²) in [5.41, 5.74) is 1.08. The minimum Gasteiger partial charge on any atom is -0.394 e. The Morgan fingerprint density at radius 3 is 3.11 bits per heavy atom. The van der Waals surface area contributed by atoms with Crippen LogP contribution in [0.3, 0.4) is 0 Å². The van der Waals surface area contributed by atoms with Gasteiger partial charge in [0.25, 0.3) is 0 Å². The Morgan fingerprint density at radius 2 is 2.44 bits per heavy atom. The van der Waals surface area contributed by atoms with Crippen LogP contribution < -0.4 is 0 Å². The molecule has 18 heavy (non-hydrogen) atoms. The number of carbonyl (C=O) groups excluding carboxylic acids is 1. The molecule has 0 aromatic carbocycles. The zero-order valence-corrected chi connectivity index (χ0v) is 10.7. The molecule has 2 atom stereocenters. The van der Waals surface area contributed by atoms with E-state index in [-0.39, 0.29) is 18.6 Å². The van der Waals surface area contributed by atoms with Crippen molar-refractivity contribution in [3.05, 3.63) is 30.1 Å². The maximum Gasteiger partial charge on any atom is 0.223 e. The first-order valence-electron chi connectivity index (χ1n) is 6.51. The van der Waals surface area contributed by atoms with Gasteiger partial charge < -0.3 is 10.0 Å². The SMILES string of the molecule is CC1CCN(C(=O)CCc2cccnc2)C1CO. The van der Waals surface area contributed by atoms with Gasteiger partial charge in [0.1, 0.15) is 0 Å². The van der Waals surface area contributed by atoms with E-state index in [0.29, 0.717) is 12.3 Å². The van der Waals surface area contributed by atoms with Crippen LogP contribution in [-0.2, 0) is 11.2 Å². The molecule has 0 saturated carbocycles. The van der Waals surface area contributed by atoms with Crippen molar-refractivity contribution in [3.8, 4) is 0 Å². The van der Waals surface area contributed by atoms with Crippen molar-refractivity contribution >= 4 is 5.91 Å². The smallest absolute Gasteiger partial charge is 0.223 e. The molecule has 4 heteroatoms. The first-order valence-corrected chi connectivity index (χ1v) is 6.51. The summed E-state index contributed by atoms with van der Waals surface area (Å²) >= 11 is 0. The minimum atomic E-state index is 0.00592. The minimum absolute atomic E-state index is 0.00592. The van der Waals surface area contributed by atoms with Crippen LogP contribution in [0.2, 0.25) is 0 Å². The number of hydrogen-bond donors (Lipinski definition) is 1. The second-order valence-electron chi connectivity index (χ2n) is 4.96. The summed E-state index contributed by atoms with van der Waals surface area (Å²) in [7, 11) is 0. The molecular formula is C14H20N2O2. The maximum absolute atomic E-state index is 12.1. The van der Waals surface area contributed by atoms with Gasteiger partial charge in [-0.2, -0.15) is 0 Å². The fourth-order valence-electron chi connectivity index (χ4n) is 2.54. The van der Waals surface area contributed by atoms with Crippen molar-refractivity contribution in [2.45, 2.75) is 32.2 Å². The van der Waals surface area contributed by atoms with E-state index in [4.69, 9.17) is 0 Å². The standard InChI is InChI=1S/C14H20N2O2/c1-11-6-8-16(13(11)10-17)14(18)5-4-12-3-2-7-15-9-12/h2-3,7,9,11,13,17H,4-6,8,10H2,1H3. The molecule has 1 saturated heterocycles. The molecule has 1 aliphatic heterocycles. The second-order valence-corrected chi connectivity index (χ2v) is 4.96. The van der Waals surface area contributed by atoms with Gasteiger partial charge >= 0.3 is 0 Å².